The maximum atomic E-state index is 11.1. The van der Waals surface area contributed by atoms with Crippen LogP contribution in [0.1, 0.15) is 0 Å². The van der Waals surface area contributed by atoms with Crippen LogP contribution in [0.4, 0.5) is 0 Å². The molecule has 1 aliphatic heterocycles. The maximum absolute atomic E-state index is 11.1. The zero-order valence-corrected chi connectivity index (χ0v) is 11.6. The van der Waals surface area contributed by atoms with Gasteiger partial charge >= 0.3 is 11.9 Å². The molecule has 0 bridgehead atoms. The van der Waals surface area contributed by atoms with E-state index in [0.29, 0.717) is 0 Å². The van der Waals surface area contributed by atoms with Gasteiger partial charge in [-0.2, -0.15) is 0 Å². The lowest BCUT2D eigenvalue weighted by molar-refractivity contribution is -0.136. The molecule has 0 aliphatic carbocycles. The van der Waals surface area contributed by atoms with Gasteiger partial charge in [-0.25, -0.2) is 9.59 Å². The SMILES string of the molecule is NC(=O)C=C(C(=O)O)N1CCN(C(=CC(N)=O)C(=O)O)CC1. The summed E-state index contributed by atoms with van der Waals surface area (Å²) in [4.78, 5) is 46.7. The quantitative estimate of drug-likeness (QED) is 0.391. The molecule has 0 aromatic carbocycles. The minimum absolute atomic E-state index is 0.148. The summed E-state index contributed by atoms with van der Waals surface area (Å²) in [6.45, 7) is 0.590. The normalized spacial score (nSPS) is 16.4. The Bertz CT molecular complexity index is 510. The van der Waals surface area contributed by atoms with E-state index in [0.717, 1.165) is 12.2 Å². The van der Waals surface area contributed by atoms with Crippen LogP contribution in [0.3, 0.4) is 0 Å². The predicted octanol–water partition coefficient (Wildman–Crippen LogP) is -2.49. The number of nitrogens with zero attached hydrogens (tertiary/aromatic N) is 2. The zero-order valence-electron chi connectivity index (χ0n) is 11.6. The van der Waals surface area contributed by atoms with Gasteiger partial charge in [0.25, 0.3) is 0 Å². The number of nitrogens with two attached hydrogens (primary N) is 2. The van der Waals surface area contributed by atoms with Crippen LogP contribution in [0, 0.1) is 0 Å². The average Bonchev–Trinajstić information content (AvgIpc) is 2.41. The van der Waals surface area contributed by atoms with Gasteiger partial charge in [0.2, 0.25) is 11.8 Å². The van der Waals surface area contributed by atoms with E-state index in [1.165, 1.54) is 9.80 Å². The molecule has 0 saturated carbocycles. The lowest BCUT2D eigenvalue weighted by Crippen LogP contribution is -2.47. The second kappa shape index (κ2) is 7.11. The number of hydrogen-bond donors (Lipinski definition) is 4. The van der Waals surface area contributed by atoms with Crippen molar-refractivity contribution in [2.24, 2.45) is 11.5 Å². The molecule has 1 saturated heterocycles. The highest BCUT2D eigenvalue weighted by atomic mass is 16.4. The van der Waals surface area contributed by atoms with Gasteiger partial charge in [-0.3, -0.25) is 9.59 Å². The molecule has 22 heavy (non-hydrogen) atoms. The highest BCUT2D eigenvalue weighted by molar-refractivity contribution is 5.97. The molecule has 120 valence electrons. The van der Waals surface area contributed by atoms with Crippen molar-refractivity contribution in [3.63, 3.8) is 0 Å². The maximum Gasteiger partial charge on any atom is 0.352 e. The Labute approximate surface area is 125 Å². The van der Waals surface area contributed by atoms with Crippen LogP contribution in [0.15, 0.2) is 23.5 Å². The number of primary amides is 2. The molecule has 0 atom stereocenters. The Balaban J connectivity index is 2.85. The second-order valence-electron chi connectivity index (χ2n) is 4.45. The molecule has 0 aromatic rings. The Hall–Kier alpha value is -3.04. The summed E-state index contributed by atoms with van der Waals surface area (Å²) in [7, 11) is 0. The number of carboxylic acids is 2. The van der Waals surface area contributed by atoms with Gasteiger partial charge in [-0.1, -0.05) is 0 Å². The molecule has 10 heteroatoms. The number of rotatable bonds is 6. The van der Waals surface area contributed by atoms with Gasteiger partial charge in [-0.05, 0) is 0 Å². The molecule has 1 aliphatic rings. The zero-order chi connectivity index (χ0) is 16.9. The third-order valence-corrected chi connectivity index (χ3v) is 2.96. The summed E-state index contributed by atoms with van der Waals surface area (Å²) in [6, 6.07) is 0. The van der Waals surface area contributed by atoms with Crippen LogP contribution in [0.5, 0.6) is 0 Å². The van der Waals surface area contributed by atoms with Crippen molar-refractivity contribution in [3.8, 4) is 0 Å². The average molecular weight is 312 g/mol. The predicted molar refractivity (Wildman–Crippen MR) is 73.0 cm³/mol. The summed E-state index contributed by atoms with van der Waals surface area (Å²) in [5.74, 6) is -4.39. The van der Waals surface area contributed by atoms with Gasteiger partial charge in [0.15, 0.2) is 0 Å². The Morgan fingerprint density at radius 1 is 0.727 bits per heavy atom. The molecule has 0 spiro atoms. The van der Waals surface area contributed by atoms with Gasteiger partial charge in [-0.15, -0.1) is 0 Å². The van der Waals surface area contributed by atoms with Crippen LogP contribution >= 0.6 is 0 Å². The molecule has 0 radical (unpaired) electrons. The first-order valence-electron chi connectivity index (χ1n) is 6.21. The fourth-order valence-electron chi connectivity index (χ4n) is 2.03. The largest absolute Gasteiger partial charge is 0.477 e. The smallest absolute Gasteiger partial charge is 0.352 e. The van der Waals surface area contributed by atoms with E-state index in [2.05, 4.69) is 0 Å². The van der Waals surface area contributed by atoms with Crippen LogP contribution < -0.4 is 11.5 Å². The molecule has 6 N–H and O–H groups in total. The van der Waals surface area contributed by atoms with Crippen molar-refractivity contribution in [1.82, 2.24) is 9.80 Å². The Morgan fingerprint density at radius 2 is 1.00 bits per heavy atom. The summed E-state index contributed by atoms with van der Waals surface area (Å²) < 4.78 is 0. The highest BCUT2D eigenvalue weighted by Gasteiger charge is 2.26. The summed E-state index contributed by atoms with van der Waals surface area (Å²) in [5.41, 5.74) is 9.39. The molecular weight excluding hydrogens is 296 g/mol. The second-order valence-corrected chi connectivity index (χ2v) is 4.45. The first-order chi connectivity index (χ1) is 10.2. The number of carbonyl (C=O) groups excluding carboxylic acids is 2. The lowest BCUT2D eigenvalue weighted by Gasteiger charge is -2.37. The molecule has 1 fully saturated rings. The fraction of sp³-hybridized carbons (Fsp3) is 0.333. The van der Waals surface area contributed by atoms with Gasteiger partial charge in [0.05, 0.1) is 0 Å². The van der Waals surface area contributed by atoms with Crippen molar-refractivity contribution < 1.29 is 29.4 Å². The lowest BCUT2D eigenvalue weighted by atomic mass is 10.2. The van der Waals surface area contributed by atoms with Crippen molar-refractivity contribution in [3.05, 3.63) is 23.5 Å². The number of aliphatic carboxylic acids is 2. The minimum Gasteiger partial charge on any atom is -0.477 e. The highest BCUT2D eigenvalue weighted by Crippen LogP contribution is 2.14. The molecular formula is C12H16N4O6. The van der Waals surface area contributed by atoms with E-state index in [-0.39, 0.29) is 37.6 Å². The molecule has 1 heterocycles. The Kier molecular flexibility index (Phi) is 5.50. The van der Waals surface area contributed by atoms with E-state index in [1.54, 1.807) is 0 Å². The third kappa shape index (κ3) is 4.51. The number of hydrogen-bond acceptors (Lipinski definition) is 6. The van der Waals surface area contributed by atoms with Crippen molar-refractivity contribution >= 4 is 23.8 Å². The van der Waals surface area contributed by atoms with E-state index in [1.807, 2.05) is 0 Å². The topological polar surface area (TPSA) is 167 Å². The summed E-state index contributed by atoms with van der Waals surface area (Å²) in [5, 5.41) is 18.1. The van der Waals surface area contributed by atoms with Gasteiger partial charge in [0, 0.05) is 38.3 Å². The van der Waals surface area contributed by atoms with Crippen molar-refractivity contribution in [1.29, 1.82) is 0 Å². The standard InChI is InChI=1S/C12H16N4O6/c13-9(17)5-7(11(19)20)15-1-2-16(4-3-15)8(12(21)22)6-10(14)18/h5-6H,1-4H2,(H2,13,17)(H2,14,18)(H,19,20)(H,21,22). The summed E-state index contributed by atoms with van der Waals surface area (Å²) in [6.07, 6.45) is 1.60. The third-order valence-electron chi connectivity index (χ3n) is 2.96. The number of piperazine rings is 1. The Morgan fingerprint density at radius 3 is 1.18 bits per heavy atom. The van der Waals surface area contributed by atoms with E-state index in [9.17, 15) is 19.2 Å². The number of carbonyl (C=O) groups is 4. The van der Waals surface area contributed by atoms with Gasteiger partial charge < -0.3 is 31.5 Å². The molecule has 0 aromatic heterocycles. The van der Waals surface area contributed by atoms with Crippen molar-refractivity contribution in [2.75, 3.05) is 26.2 Å². The fourth-order valence-corrected chi connectivity index (χ4v) is 2.03. The molecule has 10 nitrogen and oxygen atoms in total. The number of carboxylic acid groups (broad SMARTS) is 2. The first kappa shape index (κ1) is 17.0. The van der Waals surface area contributed by atoms with Gasteiger partial charge in [0.1, 0.15) is 11.4 Å². The van der Waals surface area contributed by atoms with E-state index < -0.39 is 23.8 Å². The van der Waals surface area contributed by atoms with Crippen LogP contribution in [0.2, 0.25) is 0 Å². The van der Waals surface area contributed by atoms with Crippen LogP contribution in [-0.2, 0) is 19.2 Å². The van der Waals surface area contributed by atoms with Crippen molar-refractivity contribution in [2.45, 2.75) is 0 Å². The van der Waals surface area contributed by atoms with Crippen LogP contribution in [-0.4, -0.2) is 69.9 Å². The molecule has 0 unspecified atom stereocenters. The molecule has 2 amide bonds. The van der Waals surface area contributed by atoms with E-state index in [4.69, 9.17) is 21.7 Å². The number of amides is 2. The molecule has 1 rings (SSSR count). The van der Waals surface area contributed by atoms with E-state index >= 15 is 0 Å². The summed E-state index contributed by atoms with van der Waals surface area (Å²) >= 11 is 0. The minimum atomic E-state index is -1.31. The first-order valence-corrected chi connectivity index (χ1v) is 6.21. The monoisotopic (exact) mass is 312 g/mol. The van der Waals surface area contributed by atoms with Crippen LogP contribution in [0.25, 0.3) is 0 Å².